The highest BCUT2D eigenvalue weighted by molar-refractivity contribution is 7.99. The fourth-order valence-electron chi connectivity index (χ4n) is 1.13. The maximum Gasteiger partial charge on any atom is 0.233 e. The van der Waals surface area contributed by atoms with Crippen molar-refractivity contribution in [3.63, 3.8) is 0 Å². The Hall–Kier alpha value is -0.970. The SMILES string of the molecule is CCN(CC)C(=O)CSc1ncc[nH]1. The smallest absolute Gasteiger partial charge is 0.233 e. The Bertz CT molecular complexity index is 270. The molecule has 1 aromatic rings. The van der Waals surface area contributed by atoms with Gasteiger partial charge in [0.1, 0.15) is 0 Å². The normalized spacial score (nSPS) is 10.1. The molecule has 0 saturated carbocycles. The van der Waals surface area contributed by atoms with E-state index in [0.29, 0.717) is 5.75 Å². The van der Waals surface area contributed by atoms with Crippen LogP contribution in [0.3, 0.4) is 0 Å². The fraction of sp³-hybridized carbons (Fsp3) is 0.556. The minimum absolute atomic E-state index is 0.163. The van der Waals surface area contributed by atoms with Gasteiger partial charge in [-0.25, -0.2) is 4.98 Å². The number of hydrogen-bond acceptors (Lipinski definition) is 3. The lowest BCUT2D eigenvalue weighted by atomic mass is 10.5. The molecule has 0 atom stereocenters. The minimum Gasteiger partial charge on any atom is -0.343 e. The number of carbonyl (C=O) groups is 1. The van der Waals surface area contributed by atoms with Gasteiger partial charge >= 0.3 is 0 Å². The maximum atomic E-state index is 11.6. The lowest BCUT2D eigenvalue weighted by molar-refractivity contribution is -0.127. The molecule has 1 N–H and O–H groups in total. The number of aromatic nitrogens is 2. The van der Waals surface area contributed by atoms with Gasteiger partial charge in [0.2, 0.25) is 5.91 Å². The molecule has 14 heavy (non-hydrogen) atoms. The van der Waals surface area contributed by atoms with E-state index in [2.05, 4.69) is 9.97 Å². The predicted octanol–water partition coefficient (Wildman–Crippen LogP) is 1.37. The molecule has 5 heteroatoms. The van der Waals surface area contributed by atoms with Crippen molar-refractivity contribution in [2.24, 2.45) is 0 Å². The average Bonchev–Trinajstić information content (AvgIpc) is 2.69. The van der Waals surface area contributed by atoms with Crippen LogP contribution in [0.2, 0.25) is 0 Å². The van der Waals surface area contributed by atoms with Crippen LogP contribution in [0.15, 0.2) is 17.6 Å². The Morgan fingerprint density at radius 1 is 1.57 bits per heavy atom. The van der Waals surface area contributed by atoms with Gasteiger partial charge in [-0.1, -0.05) is 11.8 Å². The largest absolute Gasteiger partial charge is 0.343 e. The van der Waals surface area contributed by atoms with Crippen molar-refractivity contribution >= 4 is 17.7 Å². The molecular weight excluding hydrogens is 198 g/mol. The van der Waals surface area contributed by atoms with Crippen LogP contribution in [0.1, 0.15) is 13.8 Å². The summed E-state index contributed by atoms with van der Waals surface area (Å²) in [6.07, 6.45) is 3.44. The second-order valence-electron chi connectivity index (χ2n) is 2.75. The number of aromatic amines is 1. The molecule has 0 saturated heterocycles. The summed E-state index contributed by atoms with van der Waals surface area (Å²) in [6.45, 7) is 5.51. The predicted molar refractivity (Wildman–Crippen MR) is 57.2 cm³/mol. The van der Waals surface area contributed by atoms with Crippen LogP contribution in [0.5, 0.6) is 0 Å². The van der Waals surface area contributed by atoms with Gasteiger partial charge < -0.3 is 9.88 Å². The molecule has 1 rings (SSSR count). The van der Waals surface area contributed by atoms with E-state index in [4.69, 9.17) is 0 Å². The zero-order valence-electron chi connectivity index (χ0n) is 8.49. The lowest BCUT2D eigenvalue weighted by Gasteiger charge is -2.17. The summed E-state index contributed by atoms with van der Waals surface area (Å²) in [4.78, 5) is 20.4. The highest BCUT2D eigenvalue weighted by atomic mass is 32.2. The third-order valence-corrected chi connectivity index (χ3v) is 2.81. The van der Waals surface area contributed by atoms with Gasteiger partial charge in [-0.2, -0.15) is 0 Å². The molecule has 0 spiro atoms. The number of hydrogen-bond donors (Lipinski definition) is 1. The van der Waals surface area contributed by atoms with Crippen molar-refractivity contribution in [2.75, 3.05) is 18.8 Å². The molecule has 0 aliphatic heterocycles. The van der Waals surface area contributed by atoms with Crippen LogP contribution in [-0.4, -0.2) is 39.6 Å². The molecule has 1 aromatic heterocycles. The quantitative estimate of drug-likeness (QED) is 0.751. The molecule has 1 amide bonds. The lowest BCUT2D eigenvalue weighted by Crippen LogP contribution is -2.31. The zero-order valence-corrected chi connectivity index (χ0v) is 9.30. The Morgan fingerprint density at radius 2 is 2.29 bits per heavy atom. The first-order valence-corrected chi connectivity index (χ1v) is 5.66. The van der Waals surface area contributed by atoms with Gasteiger partial charge in [0, 0.05) is 25.5 Å². The third-order valence-electron chi connectivity index (χ3n) is 1.92. The highest BCUT2D eigenvalue weighted by Gasteiger charge is 2.09. The van der Waals surface area contributed by atoms with Crippen LogP contribution < -0.4 is 0 Å². The van der Waals surface area contributed by atoms with Crippen molar-refractivity contribution < 1.29 is 4.79 Å². The van der Waals surface area contributed by atoms with Crippen LogP contribution in [0, 0.1) is 0 Å². The number of nitrogens with one attached hydrogen (secondary N) is 1. The van der Waals surface area contributed by atoms with Crippen molar-refractivity contribution in [1.29, 1.82) is 0 Å². The van der Waals surface area contributed by atoms with E-state index in [-0.39, 0.29) is 5.91 Å². The van der Waals surface area contributed by atoms with Gasteiger partial charge in [0.05, 0.1) is 5.75 Å². The van der Waals surface area contributed by atoms with Crippen LogP contribution in [0.4, 0.5) is 0 Å². The van der Waals surface area contributed by atoms with Crippen molar-refractivity contribution in [2.45, 2.75) is 19.0 Å². The van der Waals surface area contributed by atoms with Gasteiger partial charge in [0.15, 0.2) is 5.16 Å². The molecular formula is C9H15N3OS. The Balaban J connectivity index is 2.34. The third kappa shape index (κ3) is 3.06. The van der Waals surface area contributed by atoms with Gasteiger partial charge in [-0.05, 0) is 13.8 Å². The number of H-pyrrole nitrogens is 1. The Labute approximate surface area is 88.1 Å². The number of rotatable bonds is 5. The summed E-state index contributed by atoms with van der Waals surface area (Å²) in [6, 6.07) is 0. The molecule has 0 radical (unpaired) electrons. The summed E-state index contributed by atoms with van der Waals surface area (Å²) in [5, 5.41) is 0.797. The fourth-order valence-corrected chi connectivity index (χ4v) is 1.86. The number of nitrogens with zero attached hydrogens (tertiary/aromatic N) is 2. The maximum absolute atomic E-state index is 11.6. The minimum atomic E-state index is 0.163. The van der Waals surface area contributed by atoms with Gasteiger partial charge in [-0.3, -0.25) is 4.79 Å². The highest BCUT2D eigenvalue weighted by Crippen LogP contribution is 2.11. The van der Waals surface area contributed by atoms with Gasteiger partial charge in [0.25, 0.3) is 0 Å². The van der Waals surface area contributed by atoms with E-state index in [0.717, 1.165) is 18.2 Å². The molecule has 4 nitrogen and oxygen atoms in total. The Morgan fingerprint density at radius 3 is 2.79 bits per heavy atom. The van der Waals surface area contributed by atoms with Crippen molar-refractivity contribution in [1.82, 2.24) is 14.9 Å². The zero-order chi connectivity index (χ0) is 10.4. The topological polar surface area (TPSA) is 49.0 Å². The van der Waals surface area contributed by atoms with Crippen LogP contribution in [0.25, 0.3) is 0 Å². The summed E-state index contributed by atoms with van der Waals surface area (Å²) < 4.78 is 0. The van der Waals surface area contributed by atoms with Crippen molar-refractivity contribution in [3.8, 4) is 0 Å². The summed E-state index contributed by atoms with van der Waals surface area (Å²) >= 11 is 1.44. The average molecular weight is 213 g/mol. The van der Waals surface area contributed by atoms with E-state index >= 15 is 0 Å². The molecule has 1 heterocycles. The monoisotopic (exact) mass is 213 g/mol. The second-order valence-corrected chi connectivity index (χ2v) is 3.71. The van der Waals surface area contributed by atoms with E-state index in [1.54, 1.807) is 12.4 Å². The van der Waals surface area contributed by atoms with E-state index in [9.17, 15) is 4.79 Å². The molecule has 0 aliphatic carbocycles. The molecule has 0 unspecified atom stereocenters. The Kier molecular flexibility index (Phi) is 4.52. The summed E-state index contributed by atoms with van der Waals surface area (Å²) in [5.41, 5.74) is 0. The molecule has 0 fully saturated rings. The number of imidazole rings is 1. The standard InChI is InChI=1S/C9H15N3OS/c1-3-12(4-2)8(13)7-14-9-10-5-6-11-9/h5-6H,3-4,7H2,1-2H3,(H,10,11). The number of carbonyl (C=O) groups excluding carboxylic acids is 1. The molecule has 78 valence electrons. The first-order chi connectivity index (χ1) is 6.77. The van der Waals surface area contributed by atoms with Crippen LogP contribution >= 0.6 is 11.8 Å². The van der Waals surface area contributed by atoms with E-state index in [1.807, 2.05) is 18.7 Å². The first kappa shape index (κ1) is 11.1. The molecule has 0 aliphatic rings. The van der Waals surface area contributed by atoms with Crippen LogP contribution in [-0.2, 0) is 4.79 Å². The molecule has 0 aromatic carbocycles. The summed E-state index contributed by atoms with van der Waals surface area (Å²) in [5.74, 6) is 0.617. The summed E-state index contributed by atoms with van der Waals surface area (Å²) in [7, 11) is 0. The number of amides is 1. The van der Waals surface area contributed by atoms with Crippen molar-refractivity contribution in [3.05, 3.63) is 12.4 Å². The van der Waals surface area contributed by atoms with Gasteiger partial charge in [-0.15, -0.1) is 0 Å². The number of thioether (sulfide) groups is 1. The van der Waals surface area contributed by atoms with E-state index in [1.165, 1.54) is 11.8 Å². The molecule has 0 bridgehead atoms. The van der Waals surface area contributed by atoms with E-state index < -0.39 is 0 Å². The first-order valence-electron chi connectivity index (χ1n) is 4.67. The second kappa shape index (κ2) is 5.70.